The van der Waals surface area contributed by atoms with Gasteiger partial charge in [-0.1, -0.05) is 11.6 Å². The minimum absolute atomic E-state index is 0.195. The molecule has 0 saturated carbocycles. The molecule has 1 atom stereocenters. The van der Waals surface area contributed by atoms with Crippen LogP contribution in [-0.4, -0.2) is 53.1 Å². The average molecular weight is 477 g/mol. The van der Waals surface area contributed by atoms with Crippen molar-refractivity contribution in [3.05, 3.63) is 74.4 Å². The fraction of sp³-hybridized carbons (Fsp3) is 0.273. The van der Waals surface area contributed by atoms with Gasteiger partial charge >= 0.3 is 5.97 Å². The van der Waals surface area contributed by atoms with Gasteiger partial charge in [-0.15, -0.1) is 10.1 Å². The first kappa shape index (κ1) is 24.0. The lowest BCUT2D eigenvalue weighted by molar-refractivity contribution is -0.759. The second kappa shape index (κ2) is 10.3. The first-order chi connectivity index (χ1) is 15.7. The van der Waals surface area contributed by atoms with Gasteiger partial charge in [0.1, 0.15) is 25.1 Å². The number of carbonyl (C=O) groups is 2. The molecule has 1 heterocycles. The number of benzene rings is 2. The molecule has 0 amide bonds. The third-order valence-electron chi connectivity index (χ3n) is 4.97. The van der Waals surface area contributed by atoms with Crippen molar-refractivity contribution in [3.63, 3.8) is 0 Å². The summed E-state index contributed by atoms with van der Waals surface area (Å²) in [6, 6.07) is 11.6. The number of aliphatic hydroxyl groups excluding tert-OH is 1. The summed E-state index contributed by atoms with van der Waals surface area (Å²) in [4.78, 5) is 39.9. The number of methoxy groups -OCH3 is 1. The van der Waals surface area contributed by atoms with E-state index in [1.54, 1.807) is 49.4 Å². The van der Waals surface area contributed by atoms with Crippen molar-refractivity contribution in [1.29, 1.82) is 0 Å². The van der Waals surface area contributed by atoms with Crippen LogP contribution in [0.3, 0.4) is 0 Å². The van der Waals surface area contributed by atoms with E-state index < -0.39 is 30.4 Å². The number of fused-ring (bicyclic) bond motifs is 1. The number of hydrogen-bond donors (Lipinski definition) is 1. The zero-order chi connectivity index (χ0) is 24.1. The molecule has 0 bridgehead atoms. The summed E-state index contributed by atoms with van der Waals surface area (Å²) in [6.45, 7) is 0.617. The van der Waals surface area contributed by atoms with Crippen molar-refractivity contribution in [2.75, 3.05) is 20.3 Å². The first-order valence-corrected chi connectivity index (χ1v) is 10.2. The highest BCUT2D eigenvalue weighted by atomic mass is 35.5. The first-order valence-electron chi connectivity index (χ1n) is 9.80. The second-order valence-corrected chi connectivity index (χ2v) is 7.56. The van der Waals surface area contributed by atoms with E-state index >= 15 is 0 Å². The molecule has 0 aliphatic carbocycles. The van der Waals surface area contributed by atoms with Crippen LogP contribution >= 0.6 is 11.6 Å². The molecule has 0 radical (unpaired) electrons. The van der Waals surface area contributed by atoms with E-state index in [9.17, 15) is 24.8 Å². The molecule has 0 saturated heterocycles. The monoisotopic (exact) mass is 476 g/mol. The third-order valence-corrected chi connectivity index (χ3v) is 5.22. The molecule has 33 heavy (non-hydrogen) atoms. The van der Waals surface area contributed by atoms with Gasteiger partial charge in [0.15, 0.2) is 0 Å². The third kappa shape index (κ3) is 5.60. The quantitative estimate of drug-likeness (QED) is 0.283. The van der Waals surface area contributed by atoms with Crippen LogP contribution in [0.2, 0.25) is 5.02 Å². The van der Waals surface area contributed by atoms with Crippen LogP contribution in [0.25, 0.3) is 10.9 Å². The van der Waals surface area contributed by atoms with E-state index in [2.05, 4.69) is 4.84 Å². The molecule has 0 fully saturated rings. The summed E-state index contributed by atoms with van der Waals surface area (Å²) >= 11 is 5.93. The maximum absolute atomic E-state index is 13.3. The summed E-state index contributed by atoms with van der Waals surface area (Å²) in [5, 5.41) is 19.9. The maximum Gasteiger partial charge on any atom is 0.310 e. The van der Waals surface area contributed by atoms with Crippen molar-refractivity contribution < 1.29 is 34.1 Å². The molecule has 1 N–H and O–H groups in total. The van der Waals surface area contributed by atoms with Gasteiger partial charge in [-0.05, 0) is 55.0 Å². The molecule has 1 unspecified atom stereocenters. The van der Waals surface area contributed by atoms with E-state index in [1.807, 2.05) is 0 Å². The van der Waals surface area contributed by atoms with Gasteiger partial charge in [-0.25, -0.2) is 0 Å². The van der Waals surface area contributed by atoms with Crippen molar-refractivity contribution in [3.8, 4) is 5.75 Å². The number of carbonyl (C=O) groups excluding carboxylic acids is 2. The Bertz CT molecular complexity index is 1190. The molecular weight excluding hydrogens is 456 g/mol. The molecule has 0 aliphatic heterocycles. The molecule has 1 aromatic heterocycles. The van der Waals surface area contributed by atoms with Gasteiger partial charge in [-0.3, -0.25) is 14.2 Å². The topological polar surface area (TPSA) is 130 Å². The summed E-state index contributed by atoms with van der Waals surface area (Å²) in [5.74, 6) is -0.439. The van der Waals surface area contributed by atoms with Crippen molar-refractivity contribution in [2.45, 2.75) is 19.4 Å². The Labute approximate surface area is 193 Å². The zero-order valence-corrected chi connectivity index (χ0v) is 18.6. The van der Waals surface area contributed by atoms with Crippen LogP contribution in [0.15, 0.2) is 42.5 Å². The Hall–Kier alpha value is -3.63. The highest BCUT2D eigenvalue weighted by Gasteiger charge is 2.23. The van der Waals surface area contributed by atoms with Crippen LogP contribution in [0, 0.1) is 17.0 Å². The maximum atomic E-state index is 13.3. The largest absolute Gasteiger partial charge is 0.497 e. The minimum Gasteiger partial charge on any atom is -0.497 e. The van der Waals surface area contributed by atoms with E-state index in [-0.39, 0.29) is 12.3 Å². The van der Waals surface area contributed by atoms with Crippen LogP contribution in [-0.2, 0) is 20.8 Å². The highest BCUT2D eigenvalue weighted by molar-refractivity contribution is 6.30. The van der Waals surface area contributed by atoms with E-state index in [0.717, 1.165) is 0 Å². The van der Waals surface area contributed by atoms with Gasteiger partial charge in [0.2, 0.25) is 0 Å². The van der Waals surface area contributed by atoms with E-state index in [4.69, 9.17) is 21.1 Å². The number of rotatable bonds is 9. The van der Waals surface area contributed by atoms with Gasteiger partial charge in [-0.2, -0.15) is 0 Å². The predicted octanol–water partition coefficient (Wildman–Crippen LogP) is 2.96. The Balaban J connectivity index is 1.90. The SMILES string of the molecule is COc1ccc2c(c1)c(CC(=O)OCC(O)CO[N+](=O)[O-])c(C)n2C(=O)c1ccc(Cl)cc1. The van der Waals surface area contributed by atoms with Gasteiger partial charge in [0, 0.05) is 21.7 Å². The van der Waals surface area contributed by atoms with Crippen LogP contribution < -0.4 is 4.74 Å². The molecule has 3 aromatic rings. The molecule has 3 rings (SSSR count). The Morgan fingerprint density at radius 1 is 1.18 bits per heavy atom. The molecule has 2 aromatic carbocycles. The Morgan fingerprint density at radius 3 is 2.52 bits per heavy atom. The smallest absolute Gasteiger partial charge is 0.310 e. The Morgan fingerprint density at radius 2 is 1.88 bits per heavy atom. The molecule has 11 heteroatoms. The number of nitrogens with zero attached hydrogens (tertiary/aromatic N) is 2. The van der Waals surface area contributed by atoms with Crippen molar-refractivity contribution in [2.24, 2.45) is 0 Å². The minimum atomic E-state index is -1.35. The number of aromatic nitrogens is 1. The summed E-state index contributed by atoms with van der Waals surface area (Å²) in [7, 11) is 1.51. The number of aliphatic hydroxyl groups is 1. The van der Waals surface area contributed by atoms with Crippen molar-refractivity contribution in [1.82, 2.24) is 4.57 Å². The fourth-order valence-electron chi connectivity index (χ4n) is 3.38. The van der Waals surface area contributed by atoms with Crippen LogP contribution in [0.1, 0.15) is 21.6 Å². The summed E-state index contributed by atoms with van der Waals surface area (Å²) in [6.07, 6.45) is -1.55. The zero-order valence-electron chi connectivity index (χ0n) is 17.8. The normalized spacial score (nSPS) is 11.8. The highest BCUT2D eigenvalue weighted by Crippen LogP contribution is 2.31. The molecule has 0 spiro atoms. The molecule has 0 aliphatic rings. The average Bonchev–Trinajstić information content (AvgIpc) is 3.06. The number of esters is 1. The number of halogens is 1. The van der Waals surface area contributed by atoms with Gasteiger partial charge in [0.25, 0.3) is 11.0 Å². The van der Waals surface area contributed by atoms with E-state index in [0.29, 0.717) is 38.5 Å². The summed E-state index contributed by atoms with van der Waals surface area (Å²) < 4.78 is 11.8. The fourth-order valence-corrected chi connectivity index (χ4v) is 3.50. The molecule has 174 valence electrons. The van der Waals surface area contributed by atoms with E-state index in [1.165, 1.54) is 11.7 Å². The van der Waals surface area contributed by atoms with Crippen LogP contribution in [0.4, 0.5) is 0 Å². The lowest BCUT2D eigenvalue weighted by Crippen LogP contribution is -2.25. The number of ether oxygens (including phenoxy) is 2. The van der Waals surface area contributed by atoms with Crippen LogP contribution in [0.5, 0.6) is 5.75 Å². The lowest BCUT2D eigenvalue weighted by Gasteiger charge is -2.10. The molecular formula is C22H21ClN2O8. The second-order valence-electron chi connectivity index (χ2n) is 7.13. The molecule has 10 nitrogen and oxygen atoms in total. The number of hydrogen-bond acceptors (Lipinski definition) is 8. The standard InChI is InChI=1S/C22H21ClN2O8/c1-13-18(10-21(27)32-11-16(26)12-33-25(29)30)19-9-17(31-2)7-8-20(19)24(13)22(28)14-3-5-15(23)6-4-14/h3-9,16,26H,10-12H2,1-2H3. The van der Waals surface area contributed by atoms with Gasteiger partial charge in [0.05, 0.1) is 19.0 Å². The Kier molecular flexibility index (Phi) is 7.52. The van der Waals surface area contributed by atoms with Gasteiger partial charge < -0.3 is 19.4 Å². The van der Waals surface area contributed by atoms with Crippen molar-refractivity contribution >= 4 is 34.4 Å². The predicted molar refractivity (Wildman–Crippen MR) is 118 cm³/mol. The lowest BCUT2D eigenvalue weighted by atomic mass is 10.1. The summed E-state index contributed by atoms with van der Waals surface area (Å²) in [5.41, 5.74) is 2.08.